The number of aromatic nitrogens is 1. The molecule has 1 aliphatic heterocycles. The van der Waals surface area contributed by atoms with E-state index in [2.05, 4.69) is 10.3 Å². The van der Waals surface area contributed by atoms with Gasteiger partial charge in [0.1, 0.15) is 15.3 Å². The standard InChI is InChI=1S/C14H17N3O3S/c1-19-14(4-6-20-8-14)7-17-12(18)11-10(15)9-3-2-5-16-13(9)21-11/h2-3,5H,4,6-8,15H2,1H3,(H,17,18). The molecule has 0 radical (unpaired) electrons. The van der Waals surface area contributed by atoms with E-state index in [9.17, 15) is 4.79 Å². The first-order valence-electron chi connectivity index (χ1n) is 6.69. The fraction of sp³-hybridized carbons (Fsp3) is 0.429. The summed E-state index contributed by atoms with van der Waals surface area (Å²) in [5.74, 6) is -0.196. The summed E-state index contributed by atoms with van der Waals surface area (Å²) in [5, 5.41) is 3.71. The molecular weight excluding hydrogens is 290 g/mol. The fourth-order valence-corrected chi connectivity index (χ4v) is 3.38. The number of ether oxygens (including phenoxy) is 2. The molecule has 0 spiro atoms. The van der Waals surface area contributed by atoms with E-state index >= 15 is 0 Å². The van der Waals surface area contributed by atoms with Gasteiger partial charge in [-0.1, -0.05) is 0 Å². The Morgan fingerprint density at radius 3 is 3.19 bits per heavy atom. The van der Waals surface area contributed by atoms with Crippen LogP contribution in [0.5, 0.6) is 0 Å². The Labute approximate surface area is 126 Å². The lowest BCUT2D eigenvalue weighted by molar-refractivity contribution is -0.0148. The lowest BCUT2D eigenvalue weighted by Crippen LogP contribution is -2.44. The van der Waals surface area contributed by atoms with Crippen molar-refractivity contribution >= 4 is 33.1 Å². The van der Waals surface area contributed by atoms with Crippen molar-refractivity contribution < 1.29 is 14.3 Å². The second-order valence-electron chi connectivity index (χ2n) is 5.07. The van der Waals surface area contributed by atoms with Crippen LogP contribution in [0.4, 0.5) is 5.69 Å². The number of amides is 1. The molecule has 0 saturated carbocycles. The number of nitrogen functional groups attached to an aromatic ring is 1. The van der Waals surface area contributed by atoms with Crippen molar-refractivity contribution in [2.75, 3.05) is 32.6 Å². The van der Waals surface area contributed by atoms with Gasteiger partial charge in [0.15, 0.2) is 0 Å². The smallest absolute Gasteiger partial charge is 0.263 e. The number of anilines is 1. The Kier molecular flexibility index (Phi) is 3.79. The van der Waals surface area contributed by atoms with Crippen LogP contribution in [0.15, 0.2) is 18.3 Å². The average Bonchev–Trinajstić information content (AvgIpc) is 3.11. The number of methoxy groups -OCH3 is 1. The molecule has 6 nitrogen and oxygen atoms in total. The monoisotopic (exact) mass is 307 g/mol. The van der Waals surface area contributed by atoms with Crippen molar-refractivity contribution in [3.05, 3.63) is 23.2 Å². The minimum Gasteiger partial charge on any atom is -0.397 e. The van der Waals surface area contributed by atoms with Crippen molar-refractivity contribution in [2.24, 2.45) is 0 Å². The highest BCUT2D eigenvalue weighted by molar-refractivity contribution is 7.21. The maximum Gasteiger partial charge on any atom is 0.263 e. The topological polar surface area (TPSA) is 86.5 Å². The highest BCUT2D eigenvalue weighted by Gasteiger charge is 2.35. The normalized spacial score (nSPS) is 21.8. The minimum absolute atomic E-state index is 0.196. The third kappa shape index (κ3) is 2.59. The number of pyridine rings is 1. The molecule has 3 N–H and O–H groups in total. The lowest BCUT2D eigenvalue weighted by Gasteiger charge is -2.25. The van der Waals surface area contributed by atoms with Crippen molar-refractivity contribution in [2.45, 2.75) is 12.0 Å². The van der Waals surface area contributed by atoms with E-state index < -0.39 is 5.60 Å². The van der Waals surface area contributed by atoms with Crippen LogP contribution in [-0.2, 0) is 9.47 Å². The first-order valence-corrected chi connectivity index (χ1v) is 7.51. The Bertz CT molecular complexity index is 665. The first-order chi connectivity index (χ1) is 10.2. The van der Waals surface area contributed by atoms with Gasteiger partial charge in [-0.15, -0.1) is 11.3 Å². The van der Waals surface area contributed by atoms with E-state index in [4.69, 9.17) is 15.2 Å². The number of thiophene rings is 1. The van der Waals surface area contributed by atoms with Gasteiger partial charge in [-0.3, -0.25) is 4.79 Å². The van der Waals surface area contributed by atoms with Crippen LogP contribution in [0, 0.1) is 0 Å². The second kappa shape index (κ2) is 5.59. The Hall–Kier alpha value is -1.70. The molecule has 3 heterocycles. The van der Waals surface area contributed by atoms with Crippen LogP contribution in [0.25, 0.3) is 10.2 Å². The molecule has 2 aromatic heterocycles. The summed E-state index contributed by atoms with van der Waals surface area (Å²) in [4.78, 5) is 17.8. The maximum atomic E-state index is 12.3. The predicted octanol–water partition coefficient (Wildman–Crippen LogP) is 1.41. The van der Waals surface area contributed by atoms with Crippen molar-refractivity contribution in [1.29, 1.82) is 0 Å². The molecule has 0 bridgehead atoms. The Morgan fingerprint density at radius 1 is 1.67 bits per heavy atom. The van der Waals surface area contributed by atoms with Gasteiger partial charge < -0.3 is 20.5 Å². The average molecular weight is 307 g/mol. The number of hydrogen-bond donors (Lipinski definition) is 2. The van der Waals surface area contributed by atoms with Gasteiger partial charge in [-0.25, -0.2) is 4.98 Å². The molecule has 1 amide bonds. The van der Waals surface area contributed by atoms with Gasteiger partial charge in [-0.05, 0) is 12.1 Å². The van der Waals surface area contributed by atoms with Gasteiger partial charge in [-0.2, -0.15) is 0 Å². The molecule has 1 atom stereocenters. The van der Waals surface area contributed by atoms with Gasteiger partial charge in [0.05, 0.1) is 12.3 Å². The molecule has 112 valence electrons. The van der Waals surface area contributed by atoms with Crippen LogP contribution in [-0.4, -0.2) is 43.4 Å². The molecule has 1 saturated heterocycles. The highest BCUT2D eigenvalue weighted by Crippen LogP contribution is 2.32. The van der Waals surface area contributed by atoms with E-state index in [0.717, 1.165) is 16.6 Å². The maximum absolute atomic E-state index is 12.3. The number of nitrogens with zero attached hydrogens (tertiary/aromatic N) is 1. The molecule has 1 aliphatic rings. The van der Waals surface area contributed by atoms with Crippen LogP contribution in [0.1, 0.15) is 16.1 Å². The summed E-state index contributed by atoms with van der Waals surface area (Å²) in [5.41, 5.74) is 6.09. The lowest BCUT2D eigenvalue weighted by atomic mass is 10.0. The Balaban J connectivity index is 1.76. The van der Waals surface area contributed by atoms with Crippen molar-refractivity contribution in [3.8, 4) is 0 Å². The van der Waals surface area contributed by atoms with E-state index in [0.29, 0.717) is 30.3 Å². The second-order valence-corrected chi connectivity index (χ2v) is 6.07. The number of nitrogens with one attached hydrogen (secondary N) is 1. The van der Waals surface area contributed by atoms with Gasteiger partial charge in [0.25, 0.3) is 5.91 Å². The molecule has 0 aliphatic carbocycles. The molecule has 1 unspecified atom stereocenters. The fourth-order valence-electron chi connectivity index (χ4n) is 2.40. The third-order valence-electron chi connectivity index (χ3n) is 3.78. The van der Waals surface area contributed by atoms with Crippen molar-refractivity contribution in [1.82, 2.24) is 10.3 Å². The largest absolute Gasteiger partial charge is 0.397 e. The number of fused-ring (bicyclic) bond motifs is 1. The summed E-state index contributed by atoms with van der Waals surface area (Å²) < 4.78 is 10.8. The van der Waals surface area contributed by atoms with E-state index in [-0.39, 0.29) is 5.91 Å². The summed E-state index contributed by atoms with van der Waals surface area (Å²) in [7, 11) is 1.64. The zero-order valence-electron chi connectivity index (χ0n) is 11.7. The molecule has 2 aromatic rings. The number of carbonyl (C=O) groups is 1. The first kappa shape index (κ1) is 14.2. The van der Waals surface area contributed by atoms with Gasteiger partial charge in [0.2, 0.25) is 0 Å². The number of hydrogen-bond acceptors (Lipinski definition) is 6. The van der Waals surface area contributed by atoms with E-state index in [1.807, 2.05) is 12.1 Å². The van der Waals surface area contributed by atoms with E-state index in [1.165, 1.54) is 11.3 Å². The number of carbonyl (C=O) groups excluding carboxylic acids is 1. The summed E-state index contributed by atoms with van der Waals surface area (Å²) in [6, 6.07) is 3.68. The minimum atomic E-state index is -0.431. The number of nitrogens with two attached hydrogens (primary N) is 1. The van der Waals surface area contributed by atoms with E-state index in [1.54, 1.807) is 13.3 Å². The summed E-state index contributed by atoms with van der Waals surface area (Å²) >= 11 is 1.30. The van der Waals surface area contributed by atoms with Gasteiger partial charge in [0, 0.05) is 38.3 Å². The number of rotatable bonds is 4. The highest BCUT2D eigenvalue weighted by atomic mass is 32.1. The van der Waals surface area contributed by atoms with Crippen LogP contribution < -0.4 is 11.1 Å². The Morgan fingerprint density at radius 2 is 2.52 bits per heavy atom. The van der Waals surface area contributed by atoms with Crippen LogP contribution >= 0.6 is 11.3 Å². The zero-order chi connectivity index (χ0) is 14.9. The third-order valence-corrected chi connectivity index (χ3v) is 4.91. The molecule has 0 aromatic carbocycles. The summed E-state index contributed by atoms with van der Waals surface area (Å²) in [6.07, 6.45) is 2.46. The van der Waals surface area contributed by atoms with Crippen molar-refractivity contribution in [3.63, 3.8) is 0 Å². The zero-order valence-corrected chi connectivity index (χ0v) is 12.5. The van der Waals surface area contributed by atoms with Crippen LogP contribution in [0.3, 0.4) is 0 Å². The SMILES string of the molecule is COC1(CNC(=O)c2sc3ncccc3c2N)CCOC1. The summed E-state index contributed by atoms with van der Waals surface area (Å²) in [6.45, 7) is 1.55. The predicted molar refractivity (Wildman–Crippen MR) is 81.5 cm³/mol. The van der Waals surface area contributed by atoms with Gasteiger partial charge >= 0.3 is 0 Å². The quantitative estimate of drug-likeness (QED) is 0.892. The molecular formula is C14H17N3O3S. The molecule has 21 heavy (non-hydrogen) atoms. The molecule has 3 rings (SSSR count). The molecule has 7 heteroatoms. The molecule has 1 fully saturated rings. The van der Waals surface area contributed by atoms with Crippen LogP contribution in [0.2, 0.25) is 0 Å².